The van der Waals surface area contributed by atoms with E-state index in [0.29, 0.717) is 19.4 Å². The molecule has 2 N–H and O–H groups in total. The maximum Gasteiger partial charge on any atom is 0.303 e. The van der Waals surface area contributed by atoms with Gasteiger partial charge in [-0.1, -0.05) is 37.0 Å². The first-order valence-electron chi connectivity index (χ1n) is 6.40. The monoisotopic (exact) mass is 333 g/mol. The molecule has 21 heavy (non-hydrogen) atoms. The molecule has 0 aromatic carbocycles. The molecule has 1 heterocycles. The van der Waals surface area contributed by atoms with Gasteiger partial charge in [0, 0.05) is 13.0 Å². The van der Waals surface area contributed by atoms with E-state index >= 15 is 0 Å². The van der Waals surface area contributed by atoms with Crippen LogP contribution in [0.1, 0.15) is 43.5 Å². The third kappa shape index (κ3) is 6.27. The van der Waals surface area contributed by atoms with Crippen molar-refractivity contribution in [2.45, 2.75) is 33.1 Å². The molecule has 0 aliphatic heterocycles. The van der Waals surface area contributed by atoms with Crippen LogP contribution in [0, 0.1) is 5.41 Å². The molecular formula is C13H17Cl2N3O3. The molecule has 116 valence electrons. The zero-order chi connectivity index (χ0) is 16.0. The Morgan fingerprint density at radius 1 is 1.29 bits per heavy atom. The fraction of sp³-hybridized carbons (Fsp3) is 0.538. The van der Waals surface area contributed by atoms with Crippen LogP contribution in [0.3, 0.4) is 0 Å². The van der Waals surface area contributed by atoms with E-state index in [2.05, 4.69) is 15.5 Å². The number of halogens is 2. The summed E-state index contributed by atoms with van der Waals surface area (Å²) >= 11 is 11.5. The van der Waals surface area contributed by atoms with Gasteiger partial charge in [0.1, 0.15) is 0 Å². The number of carboxylic acid groups (broad SMARTS) is 1. The highest BCUT2D eigenvalue weighted by Gasteiger charge is 2.20. The Labute approximate surface area is 132 Å². The van der Waals surface area contributed by atoms with Gasteiger partial charge < -0.3 is 10.4 Å². The third-order valence-corrected chi connectivity index (χ3v) is 3.53. The van der Waals surface area contributed by atoms with Crippen molar-refractivity contribution in [1.29, 1.82) is 0 Å². The van der Waals surface area contributed by atoms with Crippen LogP contribution in [0.4, 0.5) is 0 Å². The standard InChI is InChI=1S/C13H17Cl2N3O3/c1-13(2,4-3-10(19)20)5-6-16-12(21)8-7-9(14)17-18-11(8)15/h7H,3-6H2,1-2H3,(H,16,21)(H,19,20). The molecule has 1 rings (SSSR count). The van der Waals surface area contributed by atoms with Crippen LogP contribution in [-0.4, -0.2) is 33.7 Å². The number of amides is 1. The van der Waals surface area contributed by atoms with Gasteiger partial charge in [-0.2, -0.15) is 0 Å². The second kappa shape index (κ2) is 7.56. The topological polar surface area (TPSA) is 92.2 Å². The van der Waals surface area contributed by atoms with E-state index < -0.39 is 5.97 Å². The van der Waals surface area contributed by atoms with Crippen molar-refractivity contribution in [3.63, 3.8) is 0 Å². The number of nitrogens with zero attached hydrogens (tertiary/aromatic N) is 2. The number of hydrogen-bond donors (Lipinski definition) is 2. The van der Waals surface area contributed by atoms with E-state index in [4.69, 9.17) is 28.3 Å². The Bertz CT molecular complexity index is 535. The first-order chi connectivity index (χ1) is 9.71. The van der Waals surface area contributed by atoms with E-state index in [1.807, 2.05) is 13.8 Å². The molecule has 0 saturated carbocycles. The average Bonchev–Trinajstić information content (AvgIpc) is 2.39. The fourth-order valence-corrected chi connectivity index (χ4v) is 2.02. The summed E-state index contributed by atoms with van der Waals surface area (Å²) in [5.41, 5.74) is -0.0103. The van der Waals surface area contributed by atoms with Crippen LogP contribution in [0.25, 0.3) is 0 Å². The van der Waals surface area contributed by atoms with E-state index in [9.17, 15) is 9.59 Å². The maximum atomic E-state index is 12.0. The van der Waals surface area contributed by atoms with Crippen molar-refractivity contribution in [2.24, 2.45) is 5.41 Å². The molecule has 0 aliphatic rings. The quantitative estimate of drug-likeness (QED) is 0.800. The summed E-state index contributed by atoms with van der Waals surface area (Å²) in [6.45, 7) is 4.32. The molecule has 0 unspecified atom stereocenters. The molecule has 0 fully saturated rings. The lowest BCUT2D eigenvalue weighted by atomic mass is 9.84. The summed E-state index contributed by atoms with van der Waals surface area (Å²) in [6.07, 6.45) is 1.30. The number of carboxylic acids is 1. The molecular weight excluding hydrogens is 317 g/mol. The Morgan fingerprint density at radius 3 is 2.57 bits per heavy atom. The lowest BCUT2D eigenvalue weighted by molar-refractivity contribution is -0.137. The van der Waals surface area contributed by atoms with Crippen molar-refractivity contribution >= 4 is 35.1 Å². The molecule has 0 spiro atoms. The predicted octanol–water partition coefficient (Wildman–Crippen LogP) is 2.79. The fourth-order valence-electron chi connectivity index (χ4n) is 1.69. The van der Waals surface area contributed by atoms with Gasteiger partial charge in [-0.15, -0.1) is 10.2 Å². The van der Waals surface area contributed by atoms with E-state index in [-0.39, 0.29) is 33.6 Å². The summed E-state index contributed by atoms with van der Waals surface area (Å²) in [5, 5.41) is 18.6. The minimum Gasteiger partial charge on any atom is -0.481 e. The first-order valence-corrected chi connectivity index (χ1v) is 7.15. The SMILES string of the molecule is CC(C)(CCNC(=O)c1cc(Cl)nnc1Cl)CCC(=O)O. The Balaban J connectivity index is 2.50. The number of carbonyl (C=O) groups excluding carboxylic acids is 1. The number of nitrogens with one attached hydrogen (secondary N) is 1. The lowest BCUT2D eigenvalue weighted by Gasteiger charge is -2.23. The van der Waals surface area contributed by atoms with Crippen molar-refractivity contribution in [3.05, 3.63) is 21.9 Å². The van der Waals surface area contributed by atoms with Crippen molar-refractivity contribution in [2.75, 3.05) is 6.54 Å². The molecule has 0 bridgehead atoms. The highest BCUT2D eigenvalue weighted by Crippen LogP contribution is 2.26. The number of hydrogen-bond acceptors (Lipinski definition) is 4. The van der Waals surface area contributed by atoms with Crippen LogP contribution >= 0.6 is 23.2 Å². The average molecular weight is 334 g/mol. The summed E-state index contributed by atoms with van der Waals surface area (Å²) in [7, 11) is 0. The Kier molecular flexibility index (Phi) is 6.36. The number of carbonyl (C=O) groups is 2. The van der Waals surface area contributed by atoms with Crippen molar-refractivity contribution < 1.29 is 14.7 Å². The highest BCUT2D eigenvalue weighted by molar-refractivity contribution is 6.34. The number of aliphatic carboxylic acids is 1. The second-order valence-electron chi connectivity index (χ2n) is 5.44. The van der Waals surface area contributed by atoms with Gasteiger partial charge >= 0.3 is 5.97 Å². The zero-order valence-electron chi connectivity index (χ0n) is 11.8. The van der Waals surface area contributed by atoms with Gasteiger partial charge in [0.05, 0.1) is 5.56 Å². The van der Waals surface area contributed by atoms with Gasteiger partial charge in [-0.3, -0.25) is 9.59 Å². The Hall–Kier alpha value is -1.40. The van der Waals surface area contributed by atoms with Crippen molar-refractivity contribution in [3.8, 4) is 0 Å². The van der Waals surface area contributed by atoms with Gasteiger partial charge in [0.25, 0.3) is 5.91 Å². The molecule has 0 atom stereocenters. The number of aromatic nitrogens is 2. The minimum atomic E-state index is -0.823. The van der Waals surface area contributed by atoms with Gasteiger partial charge in [-0.05, 0) is 24.3 Å². The summed E-state index contributed by atoms with van der Waals surface area (Å²) in [4.78, 5) is 22.5. The maximum absolute atomic E-state index is 12.0. The number of rotatable bonds is 7. The summed E-state index contributed by atoms with van der Waals surface area (Å²) in [6, 6.07) is 1.35. The molecule has 6 nitrogen and oxygen atoms in total. The predicted molar refractivity (Wildman–Crippen MR) is 79.7 cm³/mol. The van der Waals surface area contributed by atoms with Crippen LogP contribution < -0.4 is 5.32 Å². The molecule has 0 saturated heterocycles. The largest absolute Gasteiger partial charge is 0.481 e. The van der Waals surface area contributed by atoms with E-state index in [1.165, 1.54) is 6.07 Å². The second-order valence-corrected chi connectivity index (χ2v) is 6.18. The van der Waals surface area contributed by atoms with Gasteiger partial charge in [0.2, 0.25) is 0 Å². The van der Waals surface area contributed by atoms with Gasteiger partial charge in [-0.25, -0.2) is 0 Å². The zero-order valence-corrected chi connectivity index (χ0v) is 13.3. The molecule has 0 aliphatic carbocycles. The minimum absolute atomic E-state index is 0.0120. The van der Waals surface area contributed by atoms with Crippen LogP contribution in [0.5, 0.6) is 0 Å². The normalized spacial score (nSPS) is 11.2. The lowest BCUT2D eigenvalue weighted by Crippen LogP contribution is -2.28. The molecule has 8 heteroatoms. The molecule has 1 amide bonds. The van der Waals surface area contributed by atoms with Crippen LogP contribution in [-0.2, 0) is 4.79 Å². The van der Waals surface area contributed by atoms with E-state index in [0.717, 1.165) is 0 Å². The first kappa shape index (κ1) is 17.7. The molecule has 1 aromatic heterocycles. The molecule has 1 aromatic rings. The highest BCUT2D eigenvalue weighted by atomic mass is 35.5. The van der Waals surface area contributed by atoms with E-state index in [1.54, 1.807) is 0 Å². The van der Waals surface area contributed by atoms with Crippen LogP contribution in [0.2, 0.25) is 10.3 Å². The van der Waals surface area contributed by atoms with Crippen molar-refractivity contribution in [1.82, 2.24) is 15.5 Å². The summed E-state index contributed by atoms with van der Waals surface area (Å²) < 4.78 is 0. The third-order valence-electron chi connectivity index (χ3n) is 3.07. The smallest absolute Gasteiger partial charge is 0.303 e. The Morgan fingerprint density at radius 2 is 1.95 bits per heavy atom. The summed E-state index contributed by atoms with van der Waals surface area (Å²) in [5.74, 6) is -1.21. The molecule has 0 radical (unpaired) electrons. The van der Waals surface area contributed by atoms with Gasteiger partial charge in [0.15, 0.2) is 10.3 Å². The van der Waals surface area contributed by atoms with Crippen LogP contribution in [0.15, 0.2) is 6.07 Å².